The number of imidazole rings is 1. The van der Waals surface area contributed by atoms with E-state index in [1.54, 1.807) is 30.3 Å². The van der Waals surface area contributed by atoms with Gasteiger partial charge < -0.3 is 0 Å². The molecule has 30 heavy (non-hydrogen) atoms. The Hall–Kier alpha value is -1.44. The molecule has 7 heteroatoms. The molecule has 0 amide bonds. The van der Waals surface area contributed by atoms with Gasteiger partial charge in [0.25, 0.3) is 10.1 Å². The van der Waals surface area contributed by atoms with Gasteiger partial charge in [0.1, 0.15) is 17.3 Å². The van der Waals surface area contributed by atoms with Crippen molar-refractivity contribution in [2.45, 2.75) is 56.9 Å². The Bertz CT molecular complexity index is 1010. The van der Waals surface area contributed by atoms with Gasteiger partial charge in [0, 0.05) is 5.39 Å². The molecule has 0 saturated carbocycles. The second kappa shape index (κ2) is 13.8. The first kappa shape index (κ1) is 26.6. The minimum absolute atomic E-state index is 0. The molecule has 3 aromatic rings. The van der Waals surface area contributed by atoms with Crippen LogP contribution in [0.1, 0.15) is 45.4 Å². The van der Waals surface area contributed by atoms with Gasteiger partial charge in [-0.1, -0.05) is 75.6 Å². The molecule has 1 N–H and O–H groups in total. The summed E-state index contributed by atoms with van der Waals surface area (Å²) in [4.78, 5) is -0.0457. The zero-order valence-electron chi connectivity index (χ0n) is 17.1. The molecule has 0 fully saturated rings. The molecule has 0 aliphatic carbocycles. The second-order valence-corrected chi connectivity index (χ2v) is 8.39. The number of unbranched alkanes of at least 4 members (excludes halogenated alkanes) is 5. The predicted molar refractivity (Wildman–Crippen MR) is 125 cm³/mol. The fraction of sp³-hybridized carbons (Fsp3) is 0.348. The van der Waals surface area contributed by atoms with E-state index in [4.69, 9.17) is 4.55 Å². The first-order valence-electron chi connectivity index (χ1n) is 10.1. The topological polar surface area (TPSA) is 63.2 Å². The van der Waals surface area contributed by atoms with E-state index in [0.717, 1.165) is 11.9 Å². The van der Waals surface area contributed by atoms with Gasteiger partial charge in [-0.25, -0.2) is 9.13 Å². The number of rotatable bonds is 9. The molecule has 0 spiro atoms. The molecule has 0 aliphatic rings. The van der Waals surface area contributed by atoms with Crippen LogP contribution in [0.2, 0.25) is 0 Å². The van der Waals surface area contributed by atoms with Gasteiger partial charge in [-0.05, 0) is 24.3 Å². The standard InChI is InChI=1S/C13H23N2.C10H8O3S.Na.H/c1-3-5-6-7-8-9-10-15-12-11-14(4-2)13-15;11-14(12,13)10-7-3-5-8-4-1-2-6-9(8)10;;/h4,11-13H,2-3,5-10H2,1H3;1-7H,(H,11,12,13);;/q+1;;;. The van der Waals surface area contributed by atoms with E-state index in [1.165, 1.54) is 44.6 Å². The Morgan fingerprint density at radius 1 is 1.03 bits per heavy atom. The van der Waals surface area contributed by atoms with E-state index in [2.05, 4.69) is 30.6 Å². The van der Waals surface area contributed by atoms with Crippen LogP contribution in [0.25, 0.3) is 17.0 Å². The Morgan fingerprint density at radius 3 is 2.37 bits per heavy atom. The van der Waals surface area contributed by atoms with Gasteiger partial charge in [0.15, 0.2) is 0 Å². The van der Waals surface area contributed by atoms with E-state index in [9.17, 15) is 8.42 Å². The van der Waals surface area contributed by atoms with Crippen molar-refractivity contribution in [1.29, 1.82) is 0 Å². The third kappa shape index (κ3) is 8.74. The first-order valence-corrected chi connectivity index (χ1v) is 11.5. The van der Waals surface area contributed by atoms with Crippen molar-refractivity contribution in [2.75, 3.05) is 0 Å². The van der Waals surface area contributed by atoms with Crippen LogP contribution >= 0.6 is 0 Å². The van der Waals surface area contributed by atoms with Gasteiger partial charge in [0.2, 0.25) is 6.33 Å². The predicted octanol–water partition coefficient (Wildman–Crippen LogP) is 4.67. The second-order valence-electron chi connectivity index (χ2n) is 7.00. The van der Waals surface area contributed by atoms with Crippen LogP contribution < -0.4 is 4.57 Å². The van der Waals surface area contributed by atoms with Gasteiger partial charge in [-0.3, -0.25) is 4.55 Å². The Balaban J connectivity index is 0.000000291. The molecule has 5 nitrogen and oxygen atoms in total. The molecule has 2 aromatic carbocycles. The summed E-state index contributed by atoms with van der Waals surface area (Å²) in [6.45, 7) is 7.11. The van der Waals surface area contributed by atoms with Crippen molar-refractivity contribution >= 4 is 56.6 Å². The SMILES string of the molecule is C=Cn1cc[n+](CCCCCCCC)c1.O=S(=O)(O)c1cccc2ccccc12.[NaH]. The van der Waals surface area contributed by atoms with Gasteiger partial charge >= 0.3 is 29.6 Å². The van der Waals surface area contributed by atoms with Crippen LogP contribution in [0.15, 0.2) is 72.7 Å². The fourth-order valence-electron chi connectivity index (χ4n) is 3.15. The zero-order chi connectivity index (χ0) is 21.1. The summed E-state index contributed by atoms with van der Waals surface area (Å²) in [5.74, 6) is 0. The number of aromatic nitrogens is 2. The van der Waals surface area contributed by atoms with E-state index >= 15 is 0 Å². The Labute approximate surface area is 202 Å². The van der Waals surface area contributed by atoms with Crippen LogP contribution in [-0.2, 0) is 16.7 Å². The number of aryl methyl sites for hydroxylation is 1. The number of fused-ring (bicyclic) bond motifs is 1. The summed E-state index contributed by atoms with van der Waals surface area (Å²) in [7, 11) is -4.13. The monoisotopic (exact) mass is 439 g/mol. The molecule has 158 valence electrons. The maximum absolute atomic E-state index is 11.0. The van der Waals surface area contributed by atoms with Crippen molar-refractivity contribution in [2.24, 2.45) is 0 Å². The first-order chi connectivity index (χ1) is 14.0. The van der Waals surface area contributed by atoms with Crippen LogP contribution in [0.3, 0.4) is 0 Å². The summed E-state index contributed by atoms with van der Waals surface area (Å²) in [6, 6.07) is 11.8. The van der Waals surface area contributed by atoms with Crippen LogP contribution in [0.5, 0.6) is 0 Å². The molecule has 0 radical (unpaired) electrons. The van der Waals surface area contributed by atoms with Crippen LogP contribution in [-0.4, -0.2) is 47.1 Å². The van der Waals surface area contributed by atoms with E-state index in [0.29, 0.717) is 5.39 Å². The van der Waals surface area contributed by atoms with Crippen molar-refractivity contribution in [3.05, 3.63) is 67.8 Å². The zero-order valence-corrected chi connectivity index (χ0v) is 17.9. The normalized spacial score (nSPS) is 10.7. The summed E-state index contributed by atoms with van der Waals surface area (Å²) < 4.78 is 35.2. The summed E-state index contributed by atoms with van der Waals surface area (Å²) >= 11 is 0. The summed E-state index contributed by atoms with van der Waals surface area (Å²) in [6.07, 6.45) is 16.2. The van der Waals surface area contributed by atoms with E-state index in [1.807, 2.05) is 23.0 Å². The van der Waals surface area contributed by atoms with Gasteiger partial charge in [-0.15, -0.1) is 0 Å². The molecular weight excluding hydrogens is 407 g/mol. The van der Waals surface area contributed by atoms with Crippen molar-refractivity contribution in [1.82, 2.24) is 4.57 Å². The van der Waals surface area contributed by atoms with Crippen molar-refractivity contribution in [3.63, 3.8) is 0 Å². The van der Waals surface area contributed by atoms with Crippen LogP contribution in [0.4, 0.5) is 0 Å². The average Bonchev–Trinajstić information content (AvgIpc) is 3.18. The van der Waals surface area contributed by atoms with Gasteiger partial charge in [-0.2, -0.15) is 8.42 Å². The molecule has 0 aliphatic heterocycles. The molecule has 0 atom stereocenters. The Morgan fingerprint density at radius 2 is 1.70 bits per heavy atom. The average molecular weight is 440 g/mol. The van der Waals surface area contributed by atoms with Crippen LogP contribution in [0, 0.1) is 0 Å². The maximum atomic E-state index is 11.0. The summed E-state index contributed by atoms with van der Waals surface area (Å²) in [5.41, 5.74) is 0. The number of benzene rings is 2. The minimum atomic E-state index is -4.13. The third-order valence-corrected chi connectivity index (χ3v) is 5.63. The van der Waals surface area contributed by atoms with E-state index < -0.39 is 10.1 Å². The fourth-order valence-corrected chi connectivity index (χ4v) is 3.86. The van der Waals surface area contributed by atoms with Gasteiger partial charge in [0.05, 0.1) is 12.7 Å². The molecule has 0 bridgehead atoms. The Kier molecular flexibility index (Phi) is 12.2. The van der Waals surface area contributed by atoms with Crippen molar-refractivity contribution in [3.8, 4) is 0 Å². The summed E-state index contributed by atoms with van der Waals surface area (Å²) in [5, 5.41) is 1.33. The molecule has 0 unspecified atom stereocenters. The molecule has 1 heterocycles. The number of hydrogen-bond donors (Lipinski definition) is 1. The third-order valence-electron chi connectivity index (χ3n) is 4.72. The quantitative estimate of drug-likeness (QED) is 0.228. The molecule has 0 saturated heterocycles. The molecular formula is C23H32N2NaO3S+. The molecule has 1 aromatic heterocycles. The van der Waals surface area contributed by atoms with E-state index in [-0.39, 0.29) is 34.5 Å². The molecule has 3 rings (SSSR count). The number of hydrogen-bond acceptors (Lipinski definition) is 2. The number of nitrogens with zero attached hydrogens (tertiary/aromatic N) is 2. The van der Waals surface area contributed by atoms with Crippen molar-refractivity contribution < 1.29 is 17.5 Å².